The van der Waals surface area contributed by atoms with Gasteiger partial charge in [-0.3, -0.25) is 0 Å². The number of methoxy groups -OCH3 is 1. The SMILES string of the molecule is CCS(=O)(=O)Cc1ccc(OC)c(N)c1. The van der Waals surface area contributed by atoms with E-state index in [1.54, 1.807) is 25.1 Å². The zero-order valence-electron chi connectivity index (χ0n) is 8.86. The zero-order chi connectivity index (χ0) is 11.5. The van der Waals surface area contributed by atoms with E-state index in [-0.39, 0.29) is 11.5 Å². The Morgan fingerprint density at radius 3 is 2.53 bits per heavy atom. The molecule has 0 atom stereocenters. The molecule has 4 nitrogen and oxygen atoms in total. The van der Waals surface area contributed by atoms with E-state index in [4.69, 9.17) is 10.5 Å². The summed E-state index contributed by atoms with van der Waals surface area (Å²) in [7, 11) is -1.48. The number of hydrogen-bond acceptors (Lipinski definition) is 4. The lowest BCUT2D eigenvalue weighted by Crippen LogP contribution is -2.07. The summed E-state index contributed by atoms with van der Waals surface area (Å²) in [5.41, 5.74) is 6.82. The molecule has 0 spiro atoms. The summed E-state index contributed by atoms with van der Waals surface area (Å²) in [5.74, 6) is 0.726. The van der Waals surface area contributed by atoms with E-state index in [2.05, 4.69) is 0 Å². The number of sulfone groups is 1. The van der Waals surface area contributed by atoms with Crippen molar-refractivity contribution in [3.63, 3.8) is 0 Å². The zero-order valence-corrected chi connectivity index (χ0v) is 9.67. The molecule has 0 heterocycles. The minimum absolute atomic E-state index is 0.0255. The molecule has 2 N–H and O–H groups in total. The lowest BCUT2D eigenvalue weighted by atomic mass is 10.2. The maximum absolute atomic E-state index is 11.4. The first-order chi connectivity index (χ1) is 6.98. The first-order valence-corrected chi connectivity index (χ1v) is 6.43. The second kappa shape index (κ2) is 4.53. The van der Waals surface area contributed by atoms with Crippen LogP contribution in [0.1, 0.15) is 12.5 Å². The van der Waals surface area contributed by atoms with E-state index in [0.29, 0.717) is 17.0 Å². The molecular weight excluding hydrogens is 214 g/mol. The third-order valence-corrected chi connectivity index (χ3v) is 3.77. The molecule has 0 aliphatic rings. The highest BCUT2D eigenvalue weighted by Crippen LogP contribution is 2.22. The quantitative estimate of drug-likeness (QED) is 0.788. The average molecular weight is 229 g/mol. The Kier molecular flexibility index (Phi) is 3.57. The number of hydrogen-bond donors (Lipinski definition) is 1. The van der Waals surface area contributed by atoms with Crippen molar-refractivity contribution in [2.75, 3.05) is 18.6 Å². The topological polar surface area (TPSA) is 69.4 Å². The number of benzene rings is 1. The summed E-state index contributed by atoms with van der Waals surface area (Å²) in [5, 5.41) is 0. The Balaban J connectivity index is 2.94. The summed E-state index contributed by atoms with van der Waals surface area (Å²) >= 11 is 0. The van der Waals surface area contributed by atoms with Crippen LogP contribution in [0.4, 0.5) is 5.69 Å². The molecule has 84 valence electrons. The third kappa shape index (κ3) is 3.13. The van der Waals surface area contributed by atoms with Crippen LogP contribution in [0.3, 0.4) is 0 Å². The van der Waals surface area contributed by atoms with Crippen molar-refractivity contribution in [3.05, 3.63) is 23.8 Å². The second-order valence-corrected chi connectivity index (χ2v) is 5.61. The van der Waals surface area contributed by atoms with Gasteiger partial charge in [-0.25, -0.2) is 8.42 Å². The highest BCUT2D eigenvalue weighted by molar-refractivity contribution is 7.90. The highest BCUT2D eigenvalue weighted by Gasteiger charge is 2.10. The van der Waals surface area contributed by atoms with Gasteiger partial charge in [0, 0.05) is 5.75 Å². The van der Waals surface area contributed by atoms with Gasteiger partial charge in [0.05, 0.1) is 18.6 Å². The van der Waals surface area contributed by atoms with E-state index in [1.807, 2.05) is 0 Å². The molecule has 0 aromatic heterocycles. The molecule has 1 rings (SSSR count). The van der Waals surface area contributed by atoms with Gasteiger partial charge in [0.25, 0.3) is 0 Å². The van der Waals surface area contributed by atoms with Crippen molar-refractivity contribution >= 4 is 15.5 Å². The maximum atomic E-state index is 11.4. The highest BCUT2D eigenvalue weighted by atomic mass is 32.2. The molecule has 0 aliphatic carbocycles. The first kappa shape index (κ1) is 11.8. The molecule has 0 fully saturated rings. The first-order valence-electron chi connectivity index (χ1n) is 4.61. The molecular formula is C10H15NO3S. The van der Waals surface area contributed by atoms with Gasteiger partial charge in [-0.15, -0.1) is 0 Å². The number of nitrogen functional groups attached to an aromatic ring is 1. The van der Waals surface area contributed by atoms with Crippen LogP contribution in [0.2, 0.25) is 0 Å². The fraction of sp³-hybridized carbons (Fsp3) is 0.400. The normalized spacial score (nSPS) is 11.3. The monoisotopic (exact) mass is 229 g/mol. The van der Waals surface area contributed by atoms with Crippen LogP contribution in [0, 0.1) is 0 Å². The van der Waals surface area contributed by atoms with Crippen molar-refractivity contribution in [2.24, 2.45) is 0 Å². The van der Waals surface area contributed by atoms with Gasteiger partial charge >= 0.3 is 0 Å². The third-order valence-electron chi connectivity index (χ3n) is 2.12. The fourth-order valence-corrected chi connectivity index (χ4v) is 2.12. The molecule has 0 radical (unpaired) electrons. The maximum Gasteiger partial charge on any atom is 0.154 e. The number of rotatable bonds is 4. The Hall–Kier alpha value is -1.23. The number of ether oxygens (including phenoxy) is 1. The van der Waals surface area contributed by atoms with Crippen molar-refractivity contribution in [1.82, 2.24) is 0 Å². The number of nitrogens with two attached hydrogens (primary N) is 1. The van der Waals surface area contributed by atoms with Crippen molar-refractivity contribution in [1.29, 1.82) is 0 Å². The summed E-state index contributed by atoms with van der Waals surface area (Å²) in [6.45, 7) is 1.63. The average Bonchev–Trinajstić information content (AvgIpc) is 2.17. The lowest BCUT2D eigenvalue weighted by molar-refractivity contribution is 0.417. The molecule has 0 saturated heterocycles. The van der Waals surface area contributed by atoms with E-state index in [0.717, 1.165) is 0 Å². The molecule has 0 saturated carbocycles. The summed E-state index contributed by atoms with van der Waals surface area (Å²) in [6.07, 6.45) is 0. The lowest BCUT2D eigenvalue weighted by Gasteiger charge is -2.07. The van der Waals surface area contributed by atoms with E-state index < -0.39 is 9.84 Å². The van der Waals surface area contributed by atoms with Gasteiger partial charge in [0.15, 0.2) is 9.84 Å². The summed E-state index contributed by atoms with van der Waals surface area (Å²) in [6, 6.07) is 5.02. The molecule has 15 heavy (non-hydrogen) atoms. The predicted octanol–water partition coefficient (Wildman–Crippen LogP) is 1.21. The standard InChI is InChI=1S/C10H15NO3S/c1-3-15(12,13)7-8-4-5-10(14-2)9(11)6-8/h4-6H,3,7,11H2,1-2H3. The van der Waals surface area contributed by atoms with Gasteiger partial charge in [-0.2, -0.15) is 0 Å². The van der Waals surface area contributed by atoms with E-state index in [9.17, 15) is 8.42 Å². The van der Waals surface area contributed by atoms with Crippen LogP contribution in [0.25, 0.3) is 0 Å². The van der Waals surface area contributed by atoms with Crippen molar-refractivity contribution < 1.29 is 13.2 Å². The largest absolute Gasteiger partial charge is 0.495 e. The van der Waals surface area contributed by atoms with Crippen molar-refractivity contribution in [2.45, 2.75) is 12.7 Å². The summed E-state index contributed by atoms with van der Waals surface area (Å²) < 4.78 is 27.7. The van der Waals surface area contributed by atoms with Crippen LogP contribution >= 0.6 is 0 Å². The van der Waals surface area contributed by atoms with Crippen LogP contribution in [0.5, 0.6) is 5.75 Å². The van der Waals surface area contributed by atoms with Gasteiger partial charge in [-0.05, 0) is 17.7 Å². The Bertz CT molecular complexity index is 440. The number of anilines is 1. The molecule has 0 amide bonds. The van der Waals surface area contributed by atoms with Crippen LogP contribution in [-0.2, 0) is 15.6 Å². The van der Waals surface area contributed by atoms with Gasteiger partial charge in [0.1, 0.15) is 5.75 Å². The van der Waals surface area contributed by atoms with Crippen molar-refractivity contribution in [3.8, 4) is 5.75 Å². The van der Waals surface area contributed by atoms with E-state index >= 15 is 0 Å². The molecule has 1 aromatic carbocycles. The molecule has 5 heteroatoms. The minimum Gasteiger partial charge on any atom is -0.495 e. The molecule has 0 aliphatic heterocycles. The van der Waals surface area contributed by atoms with Crippen LogP contribution in [0.15, 0.2) is 18.2 Å². The van der Waals surface area contributed by atoms with E-state index in [1.165, 1.54) is 7.11 Å². The minimum atomic E-state index is -3.01. The van der Waals surface area contributed by atoms with Crippen LogP contribution in [-0.4, -0.2) is 21.3 Å². The van der Waals surface area contributed by atoms with Gasteiger partial charge in [-0.1, -0.05) is 13.0 Å². The van der Waals surface area contributed by atoms with Gasteiger partial charge in [0.2, 0.25) is 0 Å². The fourth-order valence-electron chi connectivity index (χ4n) is 1.23. The predicted molar refractivity (Wildman–Crippen MR) is 60.6 cm³/mol. The Morgan fingerprint density at radius 1 is 1.40 bits per heavy atom. The molecule has 0 unspecified atom stereocenters. The van der Waals surface area contributed by atoms with Gasteiger partial charge < -0.3 is 10.5 Å². The van der Waals surface area contributed by atoms with Crippen LogP contribution < -0.4 is 10.5 Å². The Labute approximate surface area is 90.0 Å². The molecule has 1 aromatic rings. The summed E-state index contributed by atoms with van der Waals surface area (Å²) in [4.78, 5) is 0. The second-order valence-electron chi connectivity index (χ2n) is 3.25. The Morgan fingerprint density at radius 2 is 2.07 bits per heavy atom. The molecule has 0 bridgehead atoms. The smallest absolute Gasteiger partial charge is 0.154 e.